The molecule has 15 heavy (non-hydrogen) atoms. The molecule has 0 saturated carbocycles. The van der Waals surface area contributed by atoms with Gasteiger partial charge in [0.15, 0.2) is 0 Å². The second kappa shape index (κ2) is 4.39. The van der Waals surface area contributed by atoms with Crippen LogP contribution < -0.4 is 0 Å². The van der Waals surface area contributed by atoms with Gasteiger partial charge in [-0.15, -0.1) is 0 Å². The molecule has 2 nitrogen and oxygen atoms in total. The summed E-state index contributed by atoms with van der Waals surface area (Å²) in [5.41, 5.74) is 1.71. The normalized spacial score (nSPS) is 21.5. The minimum Gasteiger partial charge on any atom is -0.385 e. The van der Waals surface area contributed by atoms with Gasteiger partial charge in [0.05, 0.1) is 5.60 Å². The Morgan fingerprint density at radius 3 is 2.27 bits per heavy atom. The van der Waals surface area contributed by atoms with Gasteiger partial charge in [-0.05, 0) is 25.3 Å². The monoisotopic (exact) mass is 317 g/mol. The highest BCUT2D eigenvalue weighted by molar-refractivity contribution is 14.1. The number of hydrogen-bond donors (Lipinski definition) is 1. The van der Waals surface area contributed by atoms with Gasteiger partial charge in [-0.2, -0.15) is 0 Å². The van der Waals surface area contributed by atoms with Crippen molar-refractivity contribution in [3.63, 3.8) is 0 Å². The van der Waals surface area contributed by atoms with Crippen LogP contribution in [0.1, 0.15) is 24.0 Å². The van der Waals surface area contributed by atoms with Crippen LogP contribution in [0.2, 0.25) is 0 Å². The molecule has 1 N–H and O–H groups in total. The van der Waals surface area contributed by atoms with Gasteiger partial charge in [0.1, 0.15) is 0 Å². The zero-order chi connectivity index (χ0) is 10.9. The lowest BCUT2D eigenvalue weighted by atomic mass is 9.85. The highest BCUT2D eigenvalue weighted by atomic mass is 127. The Bertz CT molecular complexity index is 328. The fourth-order valence-corrected chi connectivity index (χ4v) is 2.48. The molecule has 0 bridgehead atoms. The average Bonchev–Trinajstić information content (AvgIpc) is 2.24. The Kier molecular flexibility index (Phi) is 3.33. The quantitative estimate of drug-likeness (QED) is 0.636. The lowest BCUT2D eigenvalue weighted by Crippen LogP contribution is -2.38. The molecular formula is C12H16INO. The standard InChI is InChI=1S/C12H16INO/c1-10-2-4-11(5-3-10)12(15)6-8-14(13)9-7-12/h2-5,15H,6-9H2,1H3. The molecule has 0 radical (unpaired) electrons. The maximum atomic E-state index is 10.5. The molecule has 1 aliphatic heterocycles. The first-order chi connectivity index (χ1) is 7.10. The largest absolute Gasteiger partial charge is 0.385 e. The van der Waals surface area contributed by atoms with E-state index < -0.39 is 5.60 Å². The van der Waals surface area contributed by atoms with Crippen molar-refractivity contribution >= 4 is 22.9 Å². The molecule has 1 heterocycles. The Balaban J connectivity index is 2.18. The van der Waals surface area contributed by atoms with Gasteiger partial charge in [0.2, 0.25) is 0 Å². The number of piperidine rings is 1. The van der Waals surface area contributed by atoms with Crippen LogP contribution in [0.15, 0.2) is 24.3 Å². The summed E-state index contributed by atoms with van der Waals surface area (Å²) in [6.45, 7) is 4.00. The zero-order valence-corrected chi connectivity index (χ0v) is 11.1. The van der Waals surface area contributed by atoms with Gasteiger partial charge >= 0.3 is 0 Å². The van der Waals surface area contributed by atoms with Crippen LogP contribution in [-0.4, -0.2) is 21.3 Å². The molecule has 0 aliphatic carbocycles. The van der Waals surface area contributed by atoms with Crippen molar-refractivity contribution in [3.8, 4) is 0 Å². The van der Waals surface area contributed by atoms with Crippen molar-refractivity contribution in [2.24, 2.45) is 0 Å². The lowest BCUT2D eigenvalue weighted by Gasteiger charge is -2.36. The van der Waals surface area contributed by atoms with Crippen LogP contribution in [0.5, 0.6) is 0 Å². The van der Waals surface area contributed by atoms with E-state index in [-0.39, 0.29) is 0 Å². The highest BCUT2D eigenvalue weighted by Gasteiger charge is 2.33. The Morgan fingerprint density at radius 2 is 1.73 bits per heavy atom. The highest BCUT2D eigenvalue weighted by Crippen LogP contribution is 2.33. The van der Waals surface area contributed by atoms with Gasteiger partial charge in [-0.3, -0.25) is 0 Å². The van der Waals surface area contributed by atoms with Gasteiger partial charge in [-0.25, -0.2) is 3.11 Å². The Labute approximate surface area is 105 Å². The maximum Gasteiger partial charge on any atom is 0.0921 e. The first-order valence-corrected chi connectivity index (χ1v) is 6.27. The van der Waals surface area contributed by atoms with E-state index in [0.717, 1.165) is 31.5 Å². The molecule has 0 aromatic heterocycles. The molecule has 1 saturated heterocycles. The number of rotatable bonds is 1. The summed E-state index contributed by atoms with van der Waals surface area (Å²) in [7, 11) is 0. The molecule has 1 fully saturated rings. The molecule has 0 unspecified atom stereocenters. The van der Waals surface area contributed by atoms with Crippen molar-refractivity contribution in [2.75, 3.05) is 13.1 Å². The van der Waals surface area contributed by atoms with Crippen LogP contribution in [0.3, 0.4) is 0 Å². The molecule has 82 valence electrons. The zero-order valence-electron chi connectivity index (χ0n) is 8.91. The van der Waals surface area contributed by atoms with Crippen LogP contribution in [-0.2, 0) is 5.60 Å². The predicted octanol–water partition coefficient (Wildman–Crippen LogP) is 2.63. The fourth-order valence-electron chi connectivity index (χ4n) is 2.00. The number of halogens is 1. The number of hydrogen-bond acceptors (Lipinski definition) is 2. The van der Waals surface area contributed by atoms with Gasteiger partial charge in [0, 0.05) is 36.0 Å². The maximum absolute atomic E-state index is 10.5. The second-order valence-corrected chi connectivity index (χ2v) is 5.67. The first-order valence-electron chi connectivity index (χ1n) is 5.30. The number of benzene rings is 1. The molecule has 2 rings (SSSR count). The fraction of sp³-hybridized carbons (Fsp3) is 0.500. The Hall–Kier alpha value is -0.130. The summed E-state index contributed by atoms with van der Waals surface area (Å²) in [6.07, 6.45) is 1.66. The van der Waals surface area contributed by atoms with Crippen molar-refractivity contribution in [1.82, 2.24) is 3.11 Å². The molecule has 0 amide bonds. The van der Waals surface area contributed by atoms with Crippen molar-refractivity contribution < 1.29 is 5.11 Å². The van der Waals surface area contributed by atoms with Crippen molar-refractivity contribution in [2.45, 2.75) is 25.4 Å². The predicted molar refractivity (Wildman–Crippen MR) is 69.9 cm³/mol. The SMILES string of the molecule is Cc1ccc(C2(O)CCN(I)CC2)cc1. The minimum atomic E-state index is -0.602. The van der Waals surface area contributed by atoms with Crippen molar-refractivity contribution in [1.29, 1.82) is 0 Å². The van der Waals surface area contributed by atoms with E-state index in [0.29, 0.717) is 0 Å². The molecular weight excluding hydrogens is 301 g/mol. The summed E-state index contributed by atoms with van der Waals surface area (Å²) in [6, 6.07) is 8.25. The topological polar surface area (TPSA) is 23.5 Å². The van der Waals surface area contributed by atoms with Gasteiger partial charge in [-0.1, -0.05) is 29.8 Å². The number of aliphatic hydroxyl groups is 1. The minimum absolute atomic E-state index is 0.602. The summed E-state index contributed by atoms with van der Waals surface area (Å²) in [4.78, 5) is 0. The van der Waals surface area contributed by atoms with Crippen LogP contribution >= 0.6 is 22.9 Å². The summed E-state index contributed by atoms with van der Waals surface area (Å²) in [5.74, 6) is 0. The third-order valence-electron chi connectivity index (χ3n) is 3.12. The summed E-state index contributed by atoms with van der Waals surface area (Å²) < 4.78 is 2.24. The second-order valence-electron chi connectivity index (χ2n) is 4.31. The van der Waals surface area contributed by atoms with E-state index in [9.17, 15) is 5.11 Å². The van der Waals surface area contributed by atoms with E-state index in [2.05, 4.69) is 57.2 Å². The van der Waals surface area contributed by atoms with E-state index in [1.54, 1.807) is 0 Å². The van der Waals surface area contributed by atoms with Crippen molar-refractivity contribution in [3.05, 3.63) is 35.4 Å². The Morgan fingerprint density at radius 1 is 1.20 bits per heavy atom. The summed E-state index contributed by atoms with van der Waals surface area (Å²) >= 11 is 2.32. The molecule has 0 spiro atoms. The number of nitrogens with zero attached hydrogens (tertiary/aromatic N) is 1. The van der Waals surface area contributed by atoms with Gasteiger partial charge in [0.25, 0.3) is 0 Å². The van der Waals surface area contributed by atoms with Crippen LogP contribution in [0, 0.1) is 6.92 Å². The van der Waals surface area contributed by atoms with E-state index in [4.69, 9.17) is 0 Å². The third-order valence-corrected chi connectivity index (χ3v) is 4.09. The number of aryl methyl sites for hydroxylation is 1. The van der Waals surface area contributed by atoms with Crippen LogP contribution in [0.4, 0.5) is 0 Å². The molecule has 3 heteroatoms. The average molecular weight is 317 g/mol. The lowest BCUT2D eigenvalue weighted by molar-refractivity contribution is -0.00525. The third kappa shape index (κ3) is 2.52. The molecule has 1 aromatic rings. The smallest absolute Gasteiger partial charge is 0.0921 e. The van der Waals surface area contributed by atoms with Gasteiger partial charge < -0.3 is 5.11 Å². The molecule has 1 aliphatic rings. The first kappa shape index (κ1) is 11.4. The van der Waals surface area contributed by atoms with E-state index in [1.165, 1.54) is 5.56 Å². The molecule has 1 aromatic carbocycles. The van der Waals surface area contributed by atoms with Crippen LogP contribution in [0.25, 0.3) is 0 Å². The van der Waals surface area contributed by atoms with E-state index >= 15 is 0 Å². The van der Waals surface area contributed by atoms with E-state index in [1.807, 2.05) is 0 Å². The summed E-state index contributed by atoms with van der Waals surface area (Å²) in [5, 5.41) is 10.5. The molecule has 0 atom stereocenters.